The summed E-state index contributed by atoms with van der Waals surface area (Å²) in [7, 11) is 0. The van der Waals surface area contributed by atoms with Gasteiger partial charge in [-0.3, -0.25) is 15.0 Å². The first-order valence-electron chi connectivity index (χ1n) is 10.1. The van der Waals surface area contributed by atoms with Gasteiger partial charge in [-0.05, 0) is 41.7 Å². The van der Waals surface area contributed by atoms with E-state index < -0.39 is 12.1 Å². The molecule has 2 aromatic rings. The molecule has 0 aromatic heterocycles. The highest BCUT2D eigenvalue weighted by atomic mass is 32.1. The van der Waals surface area contributed by atoms with E-state index in [9.17, 15) is 4.79 Å². The molecule has 2 heterocycles. The van der Waals surface area contributed by atoms with Crippen molar-refractivity contribution in [2.75, 3.05) is 11.9 Å². The van der Waals surface area contributed by atoms with Crippen LogP contribution in [0.5, 0.6) is 0 Å². The molecule has 0 aliphatic carbocycles. The number of anilines is 1. The van der Waals surface area contributed by atoms with Crippen molar-refractivity contribution in [1.29, 1.82) is 0 Å². The van der Waals surface area contributed by atoms with Crippen LogP contribution in [0.1, 0.15) is 23.6 Å². The SMILES string of the molecule is CCc1ccc(NC(=S)C2C(=O)NC(N3CCc4ccccc4C3)NC2N)cc1. The largest absolute Gasteiger partial charge is 0.349 e. The van der Waals surface area contributed by atoms with Crippen LogP contribution in [0.2, 0.25) is 0 Å². The Bertz CT molecular complexity index is 900. The molecule has 5 N–H and O–H groups in total. The fourth-order valence-corrected chi connectivity index (χ4v) is 4.34. The molecule has 29 heavy (non-hydrogen) atoms. The van der Waals surface area contributed by atoms with Gasteiger partial charge in [0.15, 0.2) is 0 Å². The van der Waals surface area contributed by atoms with E-state index in [1.165, 1.54) is 16.7 Å². The molecule has 1 saturated heterocycles. The van der Waals surface area contributed by atoms with E-state index in [4.69, 9.17) is 18.0 Å². The van der Waals surface area contributed by atoms with Crippen LogP contribution in [0.25, 0.3) is 0 Å². The minimum Gasteiger partial charge on any atom is -0.349 e. The summed E-state index contributed by atoms with van der Waals surface area (Å²) in [5.41, 5.74) is 11.1. The maximum absolute atomic E-state index is 12.9. The molecule has 6 nitrogen and oxygen atoms in total. The molecule has 2 aliphatic heterocycles. The average molecular weight is 410 g/mol. The predicted molar refractivity (Wildman–Crippen MR) is 119 cm³/mol. The van der Waals surface area contributed by atoms with E-state index >= 15 is 0 Å². The summed E-state index contributed by atoms with van der Waals surface area (Å²) in [4.78, 5) is 15.5. The van der Waals surface area contributed by atoms with E-state index in [1.807, 2.05) is 30.3 Å². The number of nitrogens with two attached hydrogens (primary N) is 1. The number of hydrogen-bond donors (Lipinski definition) is 4. The van der Waals surface area contributed by atoms with Gasteiger partial charge in [0, 0.05) is 18.8 Å². The number of rotatable bonds is 4. The number of aryl methyl sites for hydroxylation is 1. The summed E-state index contributed by atoms with van der Waals surface area (Å²) in [6.07, 6.45) is 1.08. The van der Waals surface area contributed by atoms with Gasteiger partial charge in [-0.2, -0.15) is 0 Å². The van der Waals surface area contributed by atoms with Crippen molar-refractivity contribution in [1.82, 2.24) is 15.5 Å². The molecule has 0 spiro atoms. The van der Waals surface area contributed by atoms with Crippen LogP contribution in [-0.4, -0.2) is 34.8 Å². The number of thiocarbonyl (C=S) groups is 1. The fraction of sp³-hybridized carbons (Fsp3) is 0.364. The number of carbonyl (C=O) groups is 1. The molecule has 4 rings (SSSR count). The molecule has 1 fully saturated rings. The summed E-state index contributed by atoms with van der Waals surface area (Å²) in [6, 6.07) is 16.5. The highest BCUT2D eigenvalue weighted by molar-refractivity contribution is 7.80. The molecule has 7 heteroatoms. The molecule has 0 radical (unpaired) electrons. The van der Waals surface area contributed by atoms with Crippen molar-refractivity contribution in [2.24, 2.45) is 11.7 Å². The van der Waals surface area contributed by atoms with Gasteiger partial charge in [-0.25, -0.2) is 0 Å². The monoisotopic (exact) mass is 409 g/mol. The van der Waals surface area contributed by atoms with Gasteiger partial charge in [-0.1, -0.05) is 55.5 Å². The van der Waals surface area contributed by atoms with Crippen LogP contribution in [0.15, 0.2) is 48.5 Å². The first-order chi connectivity index (χ1) is 14.0. The van der Waals surface area contributed by atoms with Crippen molar-refractivity contribution in [3.8, 4) is 0 Å². The van der Waals surface area contributed by atoms with E-state index in [0.29, 0.717) is 4.99 Å². The Morgan fingerprint density at radius 3 is 2.62 bits per heavy atom. The van der Waals surface area contributed by atoms with Gasteiger partial charge in [0.05, 0.1) is 11.2 Å². The maximum Gasteiger partial charge on any atom is 0.235 e. The molecular weight excluding hydrogens is 382 g/mol. The highest BCUT2D eigenvalue weighted by Crippen LogP contribution is 2.21. The van der Waals surface area contributed by atoms with Gasteiger partial charge in [-0.15, -0.1) is 0 Å². The number of nitrogens with zero attached hydrogens (tertiary/aromatic N) is 1. The summed E-state index contributed by atoms with van der Waals surface area (Å²) in [5.74, 6) is -0.771. The number of nitrogens with one attached hydrogen (secondary N) is 3. The Hall–Kier alpha value is -2.32. The van der Waals surface area contributed by atoms with Crippen LogP contribution >= 0.6 is 12.2 Å². The smallest absolute Gasteiger partial charge is 0.235 e. The molecule has 2 aromatic carbocycles. The number of carbonyl (C=O) groups excluding carboxylic acids is 1. The zero-order valence-corrected chi connectivity index (χ0v) is 17.3. The van der Waals surface area contributed by atoms with Crippen molar-refractivity contribution >= 4 is 28.8 Å². The third-order valence-electron chi connectivity index (χ3n) is 5.71. The van der Waals surface area contributed by atoms with Gasteiger partial charge < -0.3 is 16.4 Å². The first kappa shape index (κ1) is 20.0. The predicted octanol–water partition coefficient (Wildman–Crippen LogP) is 1.95. The summed E-state index contributed by atoms with van der Waals surface area (Å²) in [5, 5.41) is 9.55. The molecule has 152 valence electrons. The molecule has 3 atom stereocenters. The Morgan fingerprint density at radius 1 is 1.21 bits per heavy atom. The fourth-order valence-electron chi connectivity index (χ4n) is 3.97. The Balaban J connectivity index is 1.40. The number of hydrogen-bond acceptors (Lipinski definition) is 5. The van der Waals surface area contributed by atoms with Crippen LogP contribution < -0.4 is 21.7 Å². The second-order valence-corrected chi connectivity index (χ2v) is 8.05. The lowest BCUT2D eigenvalue weighted by Crippen LogP contribution is -2.71. The molecule has 2 aliphatic rings. The molecule has 1 amide bonds. The highest BCUT2D eigenvalue weighted by Gasteiger charge is 2.39. The van der Waals surface area contributed by atoms with Crippen LogP contribution in [0.3, 0.4) is 0 Å². The topological polar surface area (TPSA) is 82.4 Å². The molecule has 0 saturated carbocycles. The Morgan fingerprint density at radius 2 is 1.93 bits per heavy atom. The van der Waals surface area contributed by atoms with E-state index in [1.54, 1.807) is 0 Å². The number of amides is 1. The Kier molecular flexibility index (Phi) is 5.91. The second kappa shape index (κ2) is 8.59. The van der Waals surface area contributed by atoms with Gasteiger partial charge in [0.1, 0.15) is 12.2 Å². The summed E-state index contributed by atoms with van der Waals surface area (Å²) < 4.78 is 0. The lowest BCUT2D eigenvalue weighted by Gasteiger charge is -2.42. The van der Waals surface area contributed by atoms with Crippen molar-refractivity contribution in [3.63, 3.8) is 0 Å². The van der Waals surface area contributed by atoms with Crippen LogP contribution in [0, 0.1) is 5.92 Å². The third kappa shape index (κ3) is 4.33. The molecular formula is C22H27N5OS. The number of fused-ring (bicyclic) bond motifs is 1. The van der Waals surface area contributed by atoms with Crippen molar-refractivity contribution < 1.29 is 4.79 Å². The van der Waals surface area contributed by atoms with Crippen molar-refractivity contribution in [3.05, 3.63) is 65.2 Å². The Labute approximate surface area is 176 Å². The normalized spacial score (nSPS) is 24.5. The molecule has 0 bridgehead atoms. The average Bonchev–Trinajstić information content (AvgIpc) is 2.73. The standard InChI is InChI=1S/C22H27N5OS/c1-2-14-7-9-17(10-8-14)24-21(29)18-19(23)25-22(26-20(18)28)27-12-11-15-5-3-4-6-16(15)13-27/h3-10,18-19,22,25H,2,11-13,23H2,1H3,(H,24,29)(H,26,28). The maximum atomic E-state index is 12.9. The number of benzene rings is 2. The van der Waals surface area contributed by atoms with Crippen LogP contribution in [-0.2, 0) is 24.2 Å². The molecule has 3 unspecified atom stereocenters. The lowest BCUT2D eigenvalue weighted by molar-refractivity contribution is -0.129. The van der Waals surface area contributed by atoms with Gasteiger partial charge in [0.2, 0.25) is 5.91 Å². The van der Waals surface area contributed by atoms with Gasteiger partial charge in [0.25, 0.3) is 0 Å². The zero-order chi connectivity index (χ0) is 20.4. The quantitative estimate of drug-likeness (QED) is 0.578. The zero-order valence-electron chi connectivity index (χ0n) is 16.5. The van der Waals surface area contributed by atoms with Gasteiger partial charge >= 0.3 is 0 Å². The minimum absolute atomic E-state index is 0.150. The lowest BCUT2D eigenvalue weighted by atomic mass is 9.99. The minimum atomic E-state index is -0.621. The van der Waals surface area contributed by atoms with E-state index in [2.05, 4.69) is 46.0 Å². The summed E-state index contributed by atoms with van der Waals surface area (Å²) in [6.45, 7) is 3.75. The van der Waals surface area contributed by atoms with E-state index in [0.717, 1.165) is 31.6 Å². The summed E-state index contributed by atoms with van der Waals surface area (Å²) >= 11 is 5.51. The first-order valence-corrected chi connectivity index (χ1v) is 10.5. The van der Waals surface area contributed by atoms with Crippen LogP contribution in [0.4, 0.5) is 5.69 Å². The third-order valence-corrected chi connectivity index (χ3v) is 6.06. The van der Waals surface area contributed by atoms with Crippen molar-refractivity contribution in [2.45, 2.75) is 38.8 Å². The van der Waals surface area contributed by atoms with E-state index in [-0.39, 0.29) is 12.2 Å². The second-order valence-electron chi connectivity index (χ2n) is 7.61.